The van der Waals surface area contributed by atoms with Gasteiger partial charge in [0.2, 0.25) is 0 Å². The van der Waals surface area contributed by atoms with E-state index in [1.807, 2.05) is 12.1 Å². The highest BCUT2D eigenvalue weighted by molar-refractivity contribution is 5.03. The molecule has 0 fully saturated rings. The van der Waals surface area contributed by atoms with Crippen LogP contribution in [-0.2, 0) is 9.78 Å². The fraction of sp³-hybridized carbons (Fsp3) is 0.938. The lowest BCUT2D eigenvalue weighted by molar-refractivity contribution is -0.295. The lowest BCUT2D eigenvalue weighted by Gasteiger charge is -2.11. The van der Waals surface area contributed by atoms with Gasteiger partial charge in [-0.15, -0.1) is 0 Å². The van der Waals surface area contributed by atoms with Crippen LogP contribution >= 0.6 is 0 Å². The van der Waals surface area contributed by atoms with Gasteiger partial charge < -0.3 is 0 Å². The Morgan fingerprint density at radius 3 is 0.921 bits per heavy atom. The first kappa shape index (κ1) is 38.6. The second-order valence-corrected chi connectivity index (χ2v) is 11.5. The van der Waals surface area contributed by atoms with E-state index < -0.39 is 11.1 Å². The minimum Gasteiger partial charge on any atom is -0.237 e. The van der Waals surface area contributed by atoms with Crippen LogP contribution in [0.3, 0.4) is 0 Å². The van der Waals surface area contributed by atoms with Gasteiger partial charge in [0.15, 0.2) is 11.1 Å². The van der Waals surface area contributed by atoms with E-state index in [9.17, 15) is 0 Å². The minimum absolute atomic E-state index is 0.772. The SMILES string of the molecule is CC(C)(C#N)/N=N/C(C)(C)C#N.CCCCCCCCCCCCOOCCCCCCCCCCCC. The molecule has 0 aromatic rings. The predicted octanol–water partition coefficient (Wildman–Crippen LogP) is 10.8. The Morgan fingerprint density at radius 2 is 0.684 bits per heavy atom. The summed E-state index contributed by atoms with van der Waals surface area (Å²) in [4.78, 5) is 10.6. The Balaban J connectivity index is 0. The molecule has 0 rings (SSSR count). The molecular weight excluding hydrogens is 472 g/mol. The summed E-state index contributed by atoms with van der Waals surface area (Å²) in [5.74, 6) is 0. The van der Waals surface area contributed by atoms with Crippen LogP contribution in [0.25, 0.3) is 0 Å². The van der Waals surface area contributed by atoms with E-state index in [2.05, 4.69) is 24.1 Å². The second-order valence-electron chi connectivity index (χ2n) is 11.5. The van der Waals surface area contributed by atoms with Gasteiger partial charge in [-0.1, -0.05) is 129 Å². The van der Waals surface area contributed by atoms with Crippen molar-refractivity contribution in [2.24, 2.45) is 10.2 Å². The van der Waals surface area contributed by atoms with Crippen molar-refractivity contribution in [1.29, 1.82) is 10.5 Å². The van der Waals surface area contributed by atoms with Crippen molar-refractivity contribution >= 4 is 0 Å². The van der Waals surface area contributed by atoms with Gasteiger partial charge in [0.1, 0.15) is 0 Å². The van der Waals surface area contributed by atoms with Gasteiger partial charge in [-0.05, 0) is 40.5 Å². The van der Waals surface area contributed by atoms with Gasteiger partial charge in [-0.3, -0.25) is 0 Å². The molecule has 0 aliphatic rings. The van der Waals surface area contributed by atoms with Crippen LogP contribution in [0.2, 0.25) is 0 Å². The molecule has 0 unspecified atom stereocenters. The van der Waals surface area contributed by atoms with Gasteiger partial charge >= 0.3 is 0 Å². The van der Waals surface area contributed by atoms with Crippen molar-refractivity contribution in [1.82, 2.24) is 0 Å². The molecule has 0 amide bonds. The van der Waals surface area contributed by atoms with Crippen LogP contribution in [0.5, 0.6) is 0 Å². The monoisotopic (exact) mass is 534 g/mol. The summed E-state index contributed by atoms with van der Waals surface area (Å²) < 4.78 is 0. The zero-order chi connectivity index (χ0) is 28.8. The van der Waals surface area contributed by atoms with E-state index in [4.69, 9.17) is 20.3 Å². The number of azo groups is 1. The maximum Gasteiger partial charge on any atom is 0.162 e. The van der Waals surface area contributed by atoms with Gasteiger partial charge in [0.25, 0.3) is 0 Å². The molecule has 38 heavy (non-hydrogen) atoms. The summed E-state index contributed by atoms with van der Waals surface area (Å²) >= 11 is 0. The summed E-state index contributed by atoms with van der Waals surface area (Å²) in [7, 11) is 0. The normalized spacial score (nSPS) is 11.7. The van der Waals surface area contributed by atoms with E-state index in [-0.39, 0.29) is 0 Å². The number of hydrogen-bond acceptors (Lipinski definition) is 6. The van der Waals surface area contributed by atoms with Crippen LogP contribution in [0.15, 0.2) is 10.2 Å². The van der Waals surface area contributed by atoms with Crippen molar-refractivity contribution in [3.63, 3.8) is 0 Å². The summed E-state index contributed by atoms with van der Waals surface area (Å²) in [6, 6.07) is 3.94. The van der Waals surface area contributed by atoms with Crippen LogP contribution in [-0.4, -0.2) is 24.3 Å². The molecular formula is C32H62N4O2. The molecule has 222 valence electrons. The second kappa shape index (κ2) is 28.5. The fourth-order valence-electron chi connectivity index (χ4n) is 3.71. The predicted molar refractivity (Wildman–Crippen MR) is 160 cm³/mol. The molecule has 0 spiro atoms. The Hall–Kier alpha value is -1.50. The minimum atomic E-state index is -0.839. The molecule has 0 bridgehead atoms. The first-order chi connectivity index (χ1) is 18.2. The highest BCUT2D eigenvalue weighted by Gasteiger charge is 2.19. The van der Waals surface area contributed by atoms with E-state index in [0.717, 1.165) is 26.1 Å². The topological polar surface area (TPSA) is 90.8 Å². The summed E-state index contributed by atoms with van der Waals surface area (Å²) in [6.45, 7) is 12.7. The van der Waals surface area contributed by atoms with Crippen LogP contribution < -0.4 is 0 Å². The fourth-order valence-corrected chi connectivity index (χ4v) is 3.71. The number of hydrogen-bond donors (Lipinski definition) is 0. The third kappa shape index (κ3) is 32.5. The molecule has 0 aliphatic heterocycles. The third-order valence-corrected chi connectivity index (χ3v) is 6.34. The molecule has 0 aliphatic carbocycles. The summed E-state index contributed by atoms with van der Waals surface area (Å²) in [5, 5.41) is 24.7. The quantitative estimate of drug-likeness (QED) is 0.0504. The molecule has 6 heteroatoms. The number of nitriles is 2. The number of nitrogens with zero attached hydrogens (tertiary/aromatic N) is 4. The van der Waals surface area contributed by atoms with Crippen molar-refractivity contribution in [3.05, 3.63) is 0 Å². The highest BCUT2D eigenvalue weighted by Crippen LogP contribution is 2.14. The first-order valence-electron chi connectivity index (χ1n) is 15.8. The van der Waals surface area contributed by atoms with Gasteiger partial charge in [0.05, 0.1) is 25.4 Å². The average Bonchev–Trinajstić information content (AvgIpc) is 2.91. The smallest absolute Gasteiger partial charge is 0.162 e. The standard InChI is InChI=1S/C24H50O2.C8H12N4/c1-3-5-7-9-11-13-15-17-19-21-23-25-26-24-22-20-18-16-14-12-10-8-6-4-2;1-7(2,5-9)11-12-8(3,4)6-10/h3-24H2,1-2H3;1-4H3/b;12-11+. The van der Waals surface area contributed by atoms with Crippen LogP contribution in [0, 0.1) is 22.7 Å². The largest absolute Gasteiger partial charge is 0.237 e. The Kier molecular flexibility index (Phi) is 29.0. The Bertz CT molecular complexity index is 554. The van der Waals surface area contributed by atoms with Crippen LogP contribution in [0.1, 0.15) is 170 Å². The zero-order valence-electron chi connectivity index (χ0n) is 26.2. The van der Waals surface area contributed by atoms with Gasteiger partial charge in [0, 0.05) is 0 Å². The summed E-state index contributed by atoms with van der Waals surface area (Å²) in [5.41, 5.74) is -1.68. The third-order valence-electron chi connectivity index (χ3n) is 6.34. The van der Waals surface area contributed by atoms with Crippen LogP contribution in [0.4, 0.5) is 0 Å². The molecule has 0 N–H and O–H groups in total. The lowest BCUT2D eigenvalue weighted by Crippen LogP contribution is -2.17. The molecule has 0 radical (unpaired) electrons. The molecule has 0 aromatic heterocycles. The highest BCUT2D eigenvalue weighted by atomic mass is 17.2. The van der Waals surface area contributed by atoms with Crippen molar-refractivity contribution in [3.8, 4) is 12.1 Å². The molecule has 0 saturated heterocycles. The van der Waals surface area contributed by atoms with Crippen molar-refractivity contribution in [2.75, 3.05) is 13.2 Å². The molecule has 0 aromatic carbocycles. The van der Waals surface area contributed by atoms with Crippen molar-refractivity contribution < 1.29 is 9.78 Å². The van der Waals surface area contributed by atoms with E-state index in [1.54, 1.807) is 27.7 Å². The Labute approximate surface area is 236 Å². The zero-order valence-corrected chi connectivity index (χ0v) is 26.2. The van der Waals surface area contributed by atoms with E-state index >= 15 is 0 Å². The van der Waals surface area contributed by atoms with Gasteiger partial charge in [-0.25, -0.2) is 9.78 Å². The van der Waals surface area contributed by atoms with E-state index in [0.29, 0.717) is 0 Å². The van der Waals surface area contributed by atoms with E-state index in [1.165, 1.54) is 116 Å². The molecule has 0 atom stereocenters. The molecule has 6 nitrogen and oxygen atoms in total. The summed E-state index contributed by atoms with van der Waals surface area (Å²) in [6.07, 6.45) is 27.3. The molecule has 0 saturated carbocycles. The Morgan fingerprint density at radius 1 is 0.447 bits per heavy atom. The lowest BCUT2D eigenvalue weighted by atomic mass is 10.1. The average molecular weight is 535 g/mol. The first-order valence-corrected chi connectivity index (χ1v) is 15.8. The van der Waals surface area contributed by atoms with Gasteiger partial charge in [-0.2, -0.15) is 20.8 Å². The van der Waals surface area contributed by atoms with Crippen molar-refractivity contribution in [2.45, 2.75) is 181 Å². The maximum atomic E-state index is 8.58. The number of unbranched alkanes of at least 4 members (excludes halogenated alkanes) is 18. The maximum absolute atomic E-state index is 8.58. The molecule has 0 heterocycles. The number of rotatable bonds is 25.